The molecule has 2 aromatic carbocycles. The third kappa shape index (κ3) is 3.96. The highest BCUT2D eigenvalue weighted by atomic mass is 35.5. The predicted molar refractivity (Wildman–Crippen MR) is 116 cm³/mol. The normalized spacial score (nSPS) is 25.7. The third-order valence-corrected chi connectivity index (χ3v) is 6.64. The fourth-order valence-electron chi connectivity index (χ4n) is 3.97. The minimum Gasteiger partial charge on any atom is -0.338 e. The van der Waals surface area contributed by atoms with E-state index >= 15 is 0 Å². The summed E-state index contributed by atoms with van der Waals surface area (Å²) in [7, 11) is 0. The van der Waals surface area contributed by atoms with Crippen LogP contribution in [0.3, 0.4) is 0 Å². The zero-order valence-electron chi connectivity index (χ0n) is 15.9. The van der Waals surface area contributed by atoms with Crippen molar-refractivity contribution in [3.63, 3.8) is 0 Å². The van der Waals surface area contributed by atoms with Crippen molar-refractivity contribution in [3.05, 3.63) is 71.1 Å². The summed E-state index contributed by atoms with van der Waals surface area (Å²) >= 11 is 7.55. The molecule has 9 heteroatoms. The summed E-state index contributed by atoms with van der Waals surface area (Å²) < 4.78 is 5.38. The highest BCUT2D eigenvalue weighted by Crippen LogP contribution is 2.30. The molecule has 1 amide bonds. The van der Waals surface area contributed by atoms with E-state index in [0.717, 1.165) is 12.1 Å². The molecule has 2 fully saturated rings. The Hall–Kier alpha value is -2.39. The van der Waals surface area contributed by atoms with Crippen LogP contribution >= 0.6 is 23.4 Å². The van der Waals surface area contributed by atoms with Crippen LogP contribution in [0.2, 0.25) is 5.02 Å². The molecule has 0 aliphatic carbocycles. The van der Waals surface area contributed by atoms with Crippen LogP contribution in [-0.4, -0.2) is 40.2 Å². The predicted octanol–water partition coefficient (Wildman–Crippen LogP) is 2.75. The first-order chi connectivity index (χ1) is 14.7. The van der Waals surface area contributed by atoms with Gasteiger partial charge in [-0.25, -0.2) is 0 Å². The molecule has 30 heavy (non-hydrogen) atoms. The number of nitrogens with zero attached hydrogens (tertiary/aromatic N) is 2. The summed E-state index contributed by atoms with van der Waals surface area (Å²) in [5.74, 6) is 1.73. The molecule has 2 aliphatic rings. The lowest BCUT2D eigenvalue weighted by molar-refractivity contribution is -0.125. The number of carbonyl (C=O) groups is 1. The Balaban J connectivity index is 1.25. The summed E-state index contributed by atoms with van der Waals surface area (Å²) in [6.45, 7) is 0.768. The Morgan fingerprint density at radius 3 is 2.87 bits per heavy atom. The number of aromatic nitrogens is 2. The average molecular weight is 442 g/mol. The second-order valence-corrected chi connectivity index (χ2v) is 8.85. The van der Waals surface area contributed by atoms with Gasteiger partial charge in [-0.1, -0.05) is 59.2 Å². The number of thioether (sulfide) groups is 1. The fourth-order valence-corrected chi connectivity index (χ4v) is 5.04. The first kappa shape index (κ1) is 19.6. The van der Waals surface area contributed by atoms with Gasteiger partial charge >= 0.3 is 0 Å². The van der Waals surface area contributed by atoms with E-state index in [1.54, 1.807) is 12.1 Å². The SMILES string of the molecule is O=C1NC(SCc2nc(-c3cccc(Cl)c3)no2)NC2C1NCC2c1ccccc1. The molecule has 0 spiro atoms. The van der Waals surface area contributed by atoms with E-state index in [4.69, 9.17) is 16.1 Å². The number of benzene rings is 2. The lowest BCUT2D eigenvalue weighted by Gasteiger charge is -2.35. The van der Waals surface area contributed by atoms with Crippen molar-refractivity contribution < 1.29 is 9.32 Å². The molecule has 4 atom stereocenters. The van der Waals surface area contributed by atoms with Gasteiger partial charge in [0, 0.05) is 29.1 Å². The van der Waals surface area contributed by atoms with Gasteiger partial charge in [0.25, 0.3) is 0 Å². The molecule has 7 nitrogen and oxygen atoms in total. The number of hydrogen-bond acceptors (Lipinski definition) is 7. The monoisotopic (exact) mass is 441 g/mol. The van der Waals surface area contributed by atoms with Gasteiger partial charge in [-0.05, 0) is 17.7 Å². The summed E-state index contributed by atoms with van der Waals surface area (Å²) in [6, 6.07) is 17.4. The Kier molecular flexibility index (Phi) is 5.47. The van der Waals surface area contributed by atoms with E-state index in [2.05, 4.69) is 38.2 Å². The van der Waals surface area contributed by atoms with Crippen LogP contribution in [0.1, 0.15) is 17.4 Å². The molecular formula is C21H20ClN5O2S. The van der Waals surface area contributed by atoms with Gasteiger partial charge in [-0.15, -0.1) is 11.8 Å². The van der Waals surface area contributed by atoms with Crippen molar-refractivity contribution >= 4 is 29.3 Å². The van der Waals surface area contributed by atoms with Gasteiger partial charge in [-0.3, -0.25) is 10.1 Å². The van der Waals surface area contributed by atoms with Gasteiger partial charge in [0.2, 0.25) is 17.6 Å². The van der Waals surface area contributed by atoms with E-state index < -0.39 is 0 Å². The third-order valence-electron chi connectivity index (χ3n) is 5.40. The number of halogens is 1. The van der Waals surface area contributed by atoms with E-state index in [-0.39, 0.29) is 29.4 Å². The Morgan fingerprint density at radius 2 is 2.03 bits per heavy atom. The Morgan fingerprint density at radius 1 is 1.17 bits per heavy atom. The Labute approximate surface area is 183 Å². The Bertz CT molecular complexity index is 1050. The first-order valence-corrected chi connectivity index (χ1v) is 11.1. The van der Waals surface area contributed by atoms with Crippen molar-refractivity contribution in [2.24, 2.45) is 0 Å². The maximum Gasteiger partial charge on any atom is 0.240 e. The highest BCUT2D eigenvalue weighted by Gasteiger charge is 2.45. The number of nitrogens with one attached hydrogen (secondary N) is 3. The van der Waals surface area contributed by atoms with Gasteiger partial charge in [0.05, 0.1) is 5.75 Å². The van der Waals surface area contributed by atoms with Gasteiger partial charge in [-0.2, -0.15) is 4.98 Å². The molecule has 0 radical (unpaired) electrons. The first-order valence-electron chi connectivity index (χ1n) is 9.72. The van der Waals surface area contributed by atoms with Crippen molar-refractivity contribution in [1.29, 1.82) is 0 Å². The molecule has 3 aromatic rings. The van der Waals surface area contributed by atoms with Crippen molar-refractivity contribution in [2.75, 3.05) is 6.54 Å². The highest BCUT2D eigenvalue weighted by molar-refractivity contribution is 7.99. The van der Waals surface area contributed by atoms with Crippen molar-refractivity contribution in [3.8, 4) is 11.4 Å². The number of amides is 1. The van der Waals surface area contributed by atoms with Crippen LogP contribution in [0.15, 0.2) is 59.1 Å². The van der Waals surface area contributed by atoms with E-state index in [0.29, 0.717) is 22.5 Å². The average Bonchev–Trinajstić information content (AvgIpc) is 3.40. The van der Waals surface area contributed by atoms with Crippen molar-refractivity contribution in [2.45, 2.75) is 29.3 Å². The molecule has 4 unspecified atom stereocenters. The van der Waals surface area contributed by atoms with E-state index in [9.17, 15) is 4.79 Å². The van der Waals surface area contributed by atoms with Crippen LogP contribution in [0.25, 0.3) is 11.4 Å². The molecular weight excluding hydrogens is 422 g/mol. The molecule has 5 rings (SSSR count). The molecule has 0 saturated carbocycles. The minimum atomic E-state index is -0.232. The van der Waals surface area contributed by atoms with Crippen LogP contribution in [-0.2, 0) is 10.5 Å². The van der Waals surface area contributed by atoms with Crippen LogP contribution in [0, 0.1) is 0 Å². The molecule has 2 aliphatic heterocycles. The number of carbonyl (C=O) groups excluding carboxylic acids is 1. The zero-order valence-corrected chi connectivity index (χ0v) is 17.5. The fraction of sp³-hybridized carbons (Fsp3) is 0.286. The van der Waals surface area contributed by atoms with Crippen LogP contribution in [0.4, 0.5) is 0 Å². The maximum absolute atomic E-state index is 12.6. The topological polar surface area (TPSA) is 92.1 Å². The standard InChI is InChI=1S/C21H20ClN5O2S/c22-14-8-4-7-13(9-14)19-24-16(29-27-19)11-30-21-25-17-15(12-5-2-1-3-6-12)10-23-18(17)20(28)26-21/h1-9,15,17-18,21,23,25H,10-11H2,(H,26,28). The molecule has 154 valence electrons. The molecule has 1 aromatic heterocycles. The van der Waals surface area contributed by atoms with Gasteiger partial charge < -0.3 is 15.2 Å². The van der Waals surface area contributed by atoms with Crippen LogP contribution in [0.5, 0.6) is 0 Å². The number of hydrogen-bond donors (Lipinski definition) is 3. The zero-order chi connectivity index (χ0) is 20.5. The summed E-state index contributed by atoms with van der Waals surface area (Å²) in [5.41, 5.74) is 1.80. The smallest absolute Gasteiger partial charge is 0.240 e. The minimum absolute atomic E-state index is 0.0137. The molecule has 3 heterocycles. The second kappa shape index (κ2) is 8.39. The van der Waals surface area contributed by atoms with Gasteiger partial charge in [0.15, 0.2) is 0 Å². The summed E-state index contributed by atoms with van der Waals surface area (Å²) in [4.78, 5) is 17.0. The lowest BCUT2D eigenvalue weighted by atomic mass is 9.90. The van der Waals surface area contributed by atoms with E-state index in [1.807, 2.05) is 30.3 Å². The summed E-state index contributed by atoms with van der Waals surface area (Å²) in [5, 5.41) is 14.6. The maximum atomic E-state index is 12.6. The van der Waals surface area contributed by atoms with Gasteiger partial charge in [0.1, 0.15) is 11.5 Å². The molecule has 0 bridgehead atoms. The number of rotatable bonds is 5. The number of fused-ring (bicyclic) bond motifs is 1. The van der Waals surface area contributed by atoms with Crippen molar-refractivity contribution in [1.82, 2.24) is 26.1 Å². The quantitative estimate of drug-likeness (QED) is 0.560. The second-order valence-electron chi connectivity index (χ2n) is 7.32. The molecule has 2 saturated heterocycles. The largest absolute Gasteiger partial charge is 0.338 e. The summed E-state index contributed by atoms with van der Waals surface area (Å²) in [6.07, 6.45) is 0. The van der Waals surface area contributed by atoms with E-state index in [1.165, 1.54) is 17.3 Å². The lowest BCUT2D eigenvalue weighted by Crippen LogP contribution is -2.64. The molecule has 3 N–H and O–H groups in total. The van der Waals surface area contributed by atoms with Crippen LogP contribution < -0.4 is 16.0 Å².